The molecule has 0 aliphatic carbocycles. The molecule has 0 unspecified atom stereocenters. The molecule has 0 saturated carbocycles. The van der Waals surface area contributed by atoms with Gasteiger partial charge in [0.25, 0.3) is 0 Å². The molecule has 0 saturated heterocycles. The number of hydrogen-bond donors (Lipinski definition) is 4. The third-order valence-corrected chi connectivity index (χ3v) is 6.65. The first-order valence-electron chi connectivity index (χ1n) is 13.0. The Morgan fingerprint density at radius 3 is 1.78 bits per heavy atom. The van der Waals surface area contributed by atoms with Crippen LogP contribution in [0, 0.1) is 5.41 Å². The van der Waals surface area contributed by atoms with E-state index in [1.807, 2.05) is 16.8 Å². The monoisotopic (exact) mass is 518 g/mol. The molecule has 1 aromatic rings. The van der Waals surface area contributed by atoms with Crippen molar-refractivity contribution in [2.45, 2.75) is 84.8 Å². The highest BCUT2D eigenvalue weighted by Gasteiger charge is 2.45. The number of carbonyl (C=O) groups is 4. The minimum atomic E-state index is -1.51. The van der Waals surface area contributed by atoms with E-state index in [4.69, 9.17) is 0 Å². The predicted octanol–water partition coefficient (Wildman–Crippen LogP) is 1.95. The minimum absolute atomic E-state index is 0.411. The quantitative estimate of drug-likeness (QED) is 0.191. The van der Waals surface area contributed by atoms with E-state index >= 15 is 0 Å². The van der Waals surface area contributed by atoms with E-state index in [2.05, 4.69) is 42.4 Å². The van der Waals surface area contributed by atoms with Crippen molar-refractivity contribution in [1.29, 1.82) is 0 Å². The SMILES string of the molecule is CC1(C)NC(=O)C(C)(C)C(=O)NC(C)(C)C(=O)Nc2c(ccc[n+]2CCCCCC[N+](C)(C)C)NC1=O. The van der Waals surface area contributed by atoms with Crippen molar-refractivity contribution in [1.82, 2.24) is 10.6 Å². The van der Waals surface area contributed by atoms with Crippen LogP contribution in [0.5, 0.6) is 0 Å². The molecular formula is C27H46N6O4+2. The number of aromatic nitrogens is 1. The summed E-state index contributed by atoms with van der Waals surface area (Å²) in [5.41, 5.74) is -3.74. The van der Waals surface area contributed by atoms with Crippen molar-refractivity contribution in [3.8, 4) is 0 Å². The van der Waals surface area contributed by atoms with Crippen LogP contribution in [0.3, 0.4) is 0 Å². The fraction of sp³-hybridized carbons (Fsp3) is 0.667. The second-order valence-electron chi connectivity index (χ2n) is 12.6. The van der Waals surface area contributed by atoms with Crippen LogP contribution in [0.2, 0.25) is 0 Å². The van der Waals surface area contributed by atoms with Gasteiger partial charge in [-0.05, 0) is 79.4 Å². The number of nitrogens with zero attached hydrogens (tertiary/aromatic N) is 2. The molecule has 10 heteroatoms. The first kappa shape index (κ1) is 30.2. The van der Waals surface area contributed by atoms with Gasteiger partial charge >= 0.3 is 11.7 Å². The Balaban J connectivity index is 2.38. The number of fused-ring (bicyclic) bond motifs is 1. The molecule has 2 heterocycles. The van der Waals surface area contributed by atoms with Gasteiger partial charge in [0.15, 0.2) is 0 Å². The van der Waals surface area contributed by atoms with Crippen molar-refractivity contribution in [2.24, 2.45) is 5.41 Å². The normalized spacial score (nSPS) is 19.7. The number of anilines is 2. The second kappa shape index (κ2) is 11.2. The number of quaternary nitrogens is 1. The Hall–Kier alpha value is -3.01. The van der Waals surface area contributed by atoms with E-state index in [-0.39, 0.29) is 0 Å². The maximum absolute atomic E-state index is 13.4. The van der Waals surface area contributed by atoms with Gasteiger partial charge in [-0.2, -0.15) is 0 Å². The molecule has 1 aliphatic heterocycles. The zero-order valence-electron chi connectivity index (χ0n) is 24.0. The van der Waals surface area contributed by atoms with Crippen molar-refractivity contribution in [2.75, 3.05) is 38.3 Å². The van der Waals surface area contributed by atoms with Gasteiger partial charge in [-0.25, -0.2) is 14.7 Å². The molecule has 0 radical (unpaired) electrons. The second-order valence-corrected chi connectivity index (χ2v) is 12.6. The van der Waals surface area contributed by atoms with Crippen LogP contribution in [0.1, 0.15) is 67.2 Å². The maximum atomic E-state index is 13.4. The van der Waals surface area contributed by atoms with Crippen LogP contribution in [0.15, 0.2) is 18.3 Å². The van der Waals surface area contributed by atoms with E-state index in [1.165, 1.54) is 13.8 Å². The minimum Gasteiger partial charge on any atom is -0.341 e. The standard InChI is InChI=1S/C27H44N6O4/c1-25(2)21(34)30-26(3,4)23(36)28-19-15-14-17-32(16-12-10-11-13-18-33(7,8)9)20(19)29-24(37)27(5,6)31-22(25)35/h14-15,17H,10-13,16,18H2,1-9H3,(H2-,28,30,31,34,35,36)/p+2. The molecule has 4 amide bonds. The van der Waals surface area contributed by atoms with Crippen LogP contribution in [-0.4, -0.2) is 66.9 Å². The molecule has 0 bridgehead atoms. The van der Waals surface area contributed by atoms with Gasteiger partial charge in [0.1, 0.15) is 22.2 Å². The van der Waals surface area contributed by atoms with Crippen LogP contribution in [0.4, 0.5) is 11.5 Å². The molecule has 0 spiro atoms. The molecule has 4 N–H and O–H groups in total. The van der Waals surface area contributed by atoms with Gasteiger partial charge in [0.2, 0.25) is 17.7 Å². The number of rotatable bonds is 7. The Kier molecular flexibility index (Phi) is 9.12. The summed E-state index contributed by atoms with van der Waals surface area (Å²) >= 11 is 0. The van der Waals surface area contributed by atoms with Gasteiger partial charge in [-0.1, -0.05) is 0 Å². The fourth-order valence-electron chi connectivity index (χ4n) is 3.84. The van der Waals surface area contributed by atoms with Gasteiger partial charge in [-0.15, -0.1) is 0 Å². The average Bonchev–Trinajstić information content (AvgIpc) is 2.75. The lowest BCUT2D eigenvalue weighted by atomic mass is 9.88. The van der Waals surface area contributed by atoms with Crippen LogP contribution < -0.4 is 25.8 Å². The van der Waals surface area contributed by atoms with E-state index in [1.54, 1.807) is 33.8 Å². The predicted molar refractivity (Wildman–Crippen MR) is 143 cm³/mol. The molecule has 0 fully saturated rings. The van der Waals surface area contributed by atoms with Crippen LogP contribution >= 0.6 is 0 Å². The highest BCUT2D eigenvalue weighted by molar-refractivity contribution is 6.10. The van der Waals surface area contributed by atoms with Crippen LogP contribution in [0.25, 0.3) is 0 Å². The molecular weight excluding hydrogens is 472 g/mol. The first-order chi connectivity index (χ1) is 16.9. The molecule has 206 valence electrons. The molecule has 10 nitrogen and oxygen atoms in total. The number of hydrogen-bond acceptors (Lipinski definition) is 4. The summed E-state index contributed by atoms with van der Waals surface area (Å²) in [6, 6.07) is 3.51. The van der Waals surface area contributed by atoms with Gasteiger partial charge in [0, 0.05) is 0 Å². The van der Waals surface area contributed by atoms with E-state index in [0.29, 0.717) is 18.1 Å². The smallest absolute Gasteiger partial charge is 0.332 e. The third kappa shape index (κ3) is 7.99. The number of pyridine rings is 1. The first-order valence-corrected chi connectivity index (χ1v) is 13.0. The van der Waals surface area contributed by atoms with Gasteiger partial charge in [0.05, 0.1) is 40.4 Å². The van der Waals surface area contributed by atoms with Crippen molar-refractivity contribution in [3.63, 3.8) is 0 Å². The van der Waals surface area contributed by atoms with Crippen LogP contribution in [-0.2, 0) is 25.7 Å². The number of aryl methyl sites for hydroxylation is 1. The number of nitrogens with one attached hydrogen (secondary N) is 4. The lowest BCUT2D eigenvalue weighted by molar-refractivity contribution is -0.870. The molecule has 0 atom stereocenters. The summed E-state index contributed by atoms with van der Waals surface area (Å²) in [6.07, 6.45) is 6.04. The van der Waals surface area contributed by atoms with E-state index < -0.39 is 40.1 Å². The molecule has 1 aromatic heterocycles. The third-order valence-electron chi connectivity index (χ3n) is 6.65. The largest absolute Gasteiger partial charge is 0.341 e. The highest BCUT2D eigenvalue weighted by atomic mass is 16.2. The summed E-state index contributed by atoms with van der Waals surface area (Å²) in [4.78, 5) is 52.6. The Morgan fingerprint density at radius 2 is 1.24 bits per heavy atom. The Morgan fingerprint density at radius 1 is 0.730 bits per heavy atom. The maximum Gasteiger partial charge on any atom is 0.332 e. The molecule has 37 heavy (non-hydrogen) atoms. The van der Waals surface area contributed by atoms with Crippen molar-refractivity contribution >= 4 is 35.1 Å². The van der Waals surface area contributed by atoms with Gasteiger partial charge < -0.3 is 20.4 Å². The topological polar surface area (TPSA) is 120 Å². The molecule has 1 aliphatic rings. The zero-order chi connectivity index (χ0) is 28.2. The number of amides is 4. The van der Waals surface area contributed by atoms with Gasteiger partial charge in [-0.3, -0.25) is 14.4 Å². The zero-order valence-corrected chi connectivity index (χ0v) is 24.0. The molecule has 0 aromatic carbocycles. The Labute approximate surface area is 221 Å². The summed E-state index contributed by atoms with van der Waals surface area (Å²) in [6.45, 7) is 11.0. The number of unbranched alkanes of at least 4 members (excludes halogenated alkanes) is 3. The van der Waals surface area contributed by atoms with Crippen molar-refractivity contribution < 1.29 is 28.2 Å². The lowest BCUT2D eigenvalue weighted by Crippen LogP contribution is -2.61. The summed E-state index contributed by atoms with van der Waals surface area (Å²) in [7, 11) is 6.55. The van der Waals surface area contributed by atoms with E-state index in [0.717, 1.165) is 36.7 Å². The summed E-state index contributed by atoms with van der Waals surface area (Å²) < 4.78 is 2.84. The number of carbonyl (C=O) groups excluding carboxylic acids is 4. The van der Waals surface area contributed by atoms with Crippen molar-refractivity contribution in [3.05, 3.63) is 18.3 Å². The van der Waals surface area contributed by atoms with E-state index in [9.17, 15) is 19.2 Å². The fourth-order valence-corrected chi connectivity index (χ4v) is 3.84. The summed E-state index contributed by atoms with van der Waals surface area (Å²) in [5.74, 6) is -1.74. The molecule has 2 rings (SSSR count). The lowest BCUT2D eigenvalue weighted by Gasteiger charge is -2.32. The highest BCUT2D eigenvalue weighted by Crippen LogP contribution is 2.24. The summed E-state index contributed by atoms with van der Waals surface area (Å²) in [5, 5.41) is 11.2. The average molecular weight is 519 g/mol. The Bertz CT molecular complexity index is 1040.